The molecule has 3 aliphatic heterocycles. The molecular weight excluding hydrogens is 659 g/mol. The summed E-state index contributed by atoms with van der Waals surface area (Å²) in [5, 5.41) is 56.4. The van der Waals surface area contributed by atoms with E-state index in [1.165, 1.54) is 29.9 Å². The number of carboxylic acids is 2. The highest BCUT2D eigenvalue weighted by molar-refractivity contribution is 6.43. The van der Waals surface area contributed by atoms with Gasteiger partial charge in [0.2, 0.25) is 0 Å². The maximum absolute atomic E-state index is 13.6. The maximum atomic E-state index is 13.6. The summed E-state index contributed by atoms with van der Waals surface area (Å²) in [6.07, 6.45) is -0.537. The fourth-order valence-corrected chi connectivity index (χ4v) is 8.87. The van der Waals surface area contributed by atoms with E-state index in [1.807, 2.05) is 6.07 Å². The van der Waals surface area contributed by atoms with Gasteiger partial charge >= 0.3 is 11.9 Å². The van der Waals surface area contributed by atoms with Gasteiger partial charge < -0.3 is 35.4 Å². The van der Waals surface area contributed by atoms with Crippen molar-refractivity contribution >= 4 is 47.0 Å². The molecule has 0 aromatic heterocycles. The molecule has 6 N–H and O–H groups in total. The molecular formula is C32H32Cl2N2O11. The molecule has 13 nitrogen and oxygen atoms in total. The number of hydrogen-bond acceptors (Lipinski definition) is 10. The second kappa shape index (κ2) is 11.0. The number of carbonyl (C=O) groups excluding carboxylic acids is 2. The predicted molar refractivity (Wildman–Crippen MR) is 163 cm³/mol. The predicted octanol–water partition coefficient (Wildman–Crippen LogP) is 1.81. The van der Waals surface area contributed by atoms with Gasteiger partial charge in [-0.1, -0.05) is 29.3 Å². The molecule has 2 aromatic carbocycles. The first-order chi connectivity index (χ1) is 22.2. The number of ether oxygens (including phenoxy) is 1. The summed E-state index contributed by atoms with van der Waals surface area (Å²) < 4.78 is 6.54. The fraction of sp³-hybridized carbons (Fsp3) is 0.500. The van der Waals surface area contributed by atoms with Crippen LogP contribution in [0.5, 0.6) is 11.5 Å². The largest absolute Gasteiger partial charge is 0.504 e. The van der Waals surface area contributed by atoms with E-state index >= 15 is 0 Å². The van der Waals surface area contributed by atoms with Crippen molar-refractivity contribution in [3.63, 3.8) is 0 Å². The van der Waals surface area contributed by atoms with Gasteiger partial charge in [0.15, 0.2) is 23.7 Å². The number of aliphatic carboxylic acids is 2. The molecule has 15 heteroatoms. The quantitative estimate of drug-likeness (QED) is 0.240. The number of piperidine rings is 1. The lowest BCUT2D eigenvalue weighted by Crippen LogP contribution is -2.78. The third-order valence-corrected chi connectivity index (χ3v) is 11.5. The summed E-state index contributed by atoms with van der Waals surface area (Å²) in [5.74, 6) is -3.27. The molecule has 0 radical (unpaired) electrons. The second-order valence-electron chi connectivity index (χ2n) is 13.3. The van der Waals surface area contributed by atoms with E-state index in [4.69, 9.17) is 48.4 Å². The molecule has 3 fully saturated rings. The Bertz CT molecular complexity index is 1670. The monoisotopic (exact) mass is 690 g/mol. The highest BCUT2D eigenvalue weighted by Gasteiger charge is 2.74. The summed E-state index contributed by atoms with van der Waals surface area (Å²) in [7, 11) is 0. The molecule has 7 atom stereocenters. The van der Waals surface area contributed by atoms with Crippen LogP contribution >= 0.6 is 23.2 Å². The van der Waals surface area contributed by atoms with Gasteiger partial charge in [0.25, 0.3) is 11.8 Å². The first kappa shape index (κ1) is 32.1. The molecule has 2 aromatic rings. The number of aromatic hydroxyl groups is 1. The van der Waals surface area contributed by atoms with Crippen LogP contribution in [0.3, 0.4) is 0 Å². The van der Waals surface area contributed by atoms with Gasteiger partial charge in [0.1, 0.15) is 6.10 Å². The summed E-state index contributed by atoms with van der Waals surface area (Å²) in [5.41, 5.74) is 0.517. The number of halogens is 2. The van der Waals surface area contributed by atoms with Crippen LogP contribution in [-0.4, -0.2) is 113 Å². The molecule has 3 heterocycles. The molecule has 2 amide bonds. The van der Waals surface area contributed by atoms with Gasteiger partial charge in [0, 0.05) is 18.2 Å². The fourth-order valence-electron chi connectivity index (χ4n) is 8.54. The molecule has 6 aliphatic rings. The minimum atomic E-state index is -2.27. The van der Waals surface area contributed by atoms with Crippen molar-refractivity contribution in [1.82, 2.24) is 9.80 Å². The third kappa shape index (κ3) is 4.58. The molecule has 250 valence electrons. The molecule has 2 bridgehead atoms. The zero-order valence-corrected chi connectivity index (χ0v) is 26.3. The van der Waals surface area contributed by atoms with Crippen LogP contribution in [-0.2, 0) is 21.4 Å². The summed E-state index contributed by atoms with van der Waals surface area (Å²) in [4.78, 5) is 50.5. The van der Waals surface area contributed by atoms with Crippen LogP contribution in [0.25, 0.3) is 0 Å². The number of aliphatic hydroxyl groups excluding tert-OH is 2. The zero-order valence-electron chi connectivity index (χ0n) is 24.8. The number of carbonyl (C=O) groups is 4. The Hall–Kier alpha value is -3.46. The highest BCUT2D eigenvalue weighted by Crippen LogP contribution is 2.66. The van der Waals surface area contributed by atoms with Crippen LogP contribution in [0, 0.1) is 5.92 Å². The van der Waals surface area contributed by atoms with E-state index < -0.39 is 59.1 Å². The number of amides is 2. The van der Waals surface area contributed by atoms with Crippen LogP contribution in [0.1, 0.15) is 63.9 Å². The summed E-state index contributed by atoms with van der Waals surface area (Å²) in [6.45, 7) is 1.79. The van der Waals surface area contributed by atoms with E-state index in [0.29, 0.717) is 37.4 Å². The third-order valence-electron chi connectivity index (χ3n) is 10.8. The van der Waals surface area contributed by atoms with Crippen molar-refractivity contribution in [2.45, 2.75) is 79.9 Å². The Morgan fingerprint density at radius 1 is 0.957 bits per heavy atom. The Morgan fingerprint density at radius 2 is 1.55 bits per heavy atom. The SMILES string of the molecule is O=C(O)C(O)C(O)C(=O)O.O=C1c2cc(Cl)c(Cl)cc2C(=O)N1[C@@H]1CC[C@@]2(O)[C@H]3Cc4ccc(O)c5c4[C@@]2(CCN3CC2CC2)[C@H]1O5. The van der Waals surface area contributed by atoms with Crippen LogP contribution in [0.2, 0.25) is 10.0 Å². The first-order valence-corrected chi connectivity index (χ1v) is 16.1. The lowest BCUT2D eigenvalue weighted by Gasteiger charge is -2.64. The number of fused-ring (bicyclic) bond motifs is 1. The van der Waals surface area contributed by atoms with Gasteiger partial charge in [0.05, 0.1) is 38.2 Å². The topological polar surface area (TPSA) is 205 Å². The van der Waals surface area contributed by atoms with Crippen molar-refractivity contribution in [2.75, 3.05) is 13.1 Å². The number of carboxylic acid groups (broad SMARTS) is 2. The number of rotatable bonds is 6. The van der Waals surface area contributed by atoms with Crippen LogP contribution in [0.15, 0.2) is 24.3 Å². The number of phenolic OH excluding ortho intramolecular Hbond substituents is 1. The van der Waals surface area contributed by atoms with Crippen molar-refractivity contribution in [3.05, 3.63) is 56.6 Å². The van der Waals surface area contributed by atoms with Gasteiger partial charge in [-0.25, -0.2) is 9.59 Å². The number of hydrogen-bond donors (Lipinski definition) is 6. The Balaban J connectivity index is 0.000000308. The number of phenols is 1. The maximum Gasteiger partial charge on any atom is 0.335 e. The molecule has 8 rings (SSSR count). The molecule has 2 saturated carbocycles. The van der Waals surface area contributed by atoms with Crippen molar-refractivity contribution in [3.8, 4) is 11.5 Å². The summed E-state index contributed by atoms with van der Waals surface area (Å²) in [6, 6.07) is 5.85. The van der Waals surface area contributed by atoms with Crippen LogP contribution < -0.4 is 4.74 Å². The minimum Gasteiger partial charge on any atom is -0.504 e. The zero-order chi connectivity index (χ0) is 33.7. The van der Waals surface area contributed by atoms with E-state index in [1.54, 1.807) is 6.07 Å². The van der Waals surface area contributed by atoms with Crippen molar-refractivity contribution in [2.24, 2.45) is 5.92 Å². The van der Waals surface area contributed by atoms with Gasteiger partial charge in [-0.3, -0.25) is 19.4 Å². The lowest BCUT2D eigenvalue weighted by atomic mass is 9.48. The highest BCUT2D eigenvalue weighted by atomic mass is 35.5. The number of nitrogens with zero attached hydrogens (tertiary/aromatic N) is 2. The Kier molecular flexibility index (Phi) is 7.54. The molecule has 47 heavy (non-hydrogen) atoms. The van der Waals surface area contributed by atoms with E-state index in [0.717, 1.165) is 24.2 Å². The van der Waals surface area contributed by atoms with Gasteiger partial charge in [-0.15, -0.1) is 0 Å². The second-order valence-corrected chi connectivity index (χ2v) is 14.1. The van der Waals surface area contributed by atoms with Crippen molar-refractivity contribution < 1.29 is 54.6 Å². The normalized spacial score (nSPS) is 31.3. The standard InChI is InChI=1S/C28H26Cl2N2O5.C4H6O6/c29-17-10-15-16(11-18(17)30)26(35)32(25(15)34)19-5-6-28(36)21-9-14-3-4-20(33)23-22(14)27(28,24(19)37-23)7-8-31(21)12-13-1-2-13;5-1(3(7)8)2(6)4(9)10/h3-4,10-11,13,19,21,24,33,36H,1-2,5-9,12H2;1-2,5-6H,(H,7,8)(H,9,10)/t19-,21-,24+,27+,28-;/m1./s1. The van der Waals surface area contributed by atoms with Gasteiger partial charge in [-0.2, -0.15) is 0 Å². The Morgan fingerprint density at radius 3 is 2.11 bits per heavy atom. The van der Waals surface area contributed by atoms with E-state index in [9.17, 15) is 29.4 Å². The summed E-state index contributed by atoms with van der Waals surface area (Å²) >= 11 is 12.4. The van der Waals surface area contributed by atoms with Crippen LogP contribution in [0.4, 0.5) is 0 Å². The number of benzene rings is 2. The van der Waals surface area contributed by atoms with E-state index in [2.05, 4.69) is 4.90 Å². The molecule has 1 saturated heterocycles. The Labute approximate surface area is 277 Å². The molecule has 3 aliphatic carbocycles. The number of imide groups is 1. The van der Waals surface area contributed by atoms with E-state index in [-0.39, 0.29) is 33.0 Å². The molecule has 2 unspecified atom stereocenters. The molecule has 1 spiro atoms. The smallest absolute Gasteiger partial charge is 0.335 e. The van der Waals surface area contributed by atoms with Gasteiger partial charge in [-0.05, 0) is 74.8 Å². The lowest BCUT2D eigenvalue weighted by molar-refractivity contribution is -0.196. The van der Waals surface area contributed by atoms with Crippen molar-refractivity contribution in [1.29, 1.82) is 0 Å². The first-order valence-electron chi connectivity index (χ1n) is 15.4. The minimum absolute atomic E-state index is 0.0309. The average Bonchev–Trinajstić information content (AvgIpc) is 3.73. The number of likely N-dealkylation sites (tertiary alicyclic amines) is 1. The average molecular weight is 692 g/mol. The number of aliphatic hydroxyl groups is 3.